The molecule has 2 fully saturated rings. The van der Waals surface area contributed by atoms with Crippen LogP contribution in [0.15, 0.2) is 29.2 Å². The smallest absolute Gasteiger partial charge is 0.246 e. The van der Waals surface area contributed by atoms with Crippen LogP contribution >= 0.6 is 0 Å². The van der Waals surface area contributed by atoms with E-state index in [1.807, 2.05) is 0 Å². The van der Waals surface area contributed by atoms with Crippen LogP contribution < -0.4 is 0 Å². The van der Waals surface area contributed by atoms with Crippen LogP contribution in [0.3, 0.4) is 0 Å². The molecule has 0 amide bonds. The van der Waals surface area contributed by atoms with Crippen LogP contribution in [0.5, 0.6) is 5.75 Å². The van der Waals surface area contributed by atoms with Gasteiger partial charge < -0.3 is 5.11 Å². The van der Waals surface area contributed by atoms with Crippen molar-refractivity contribution >= 4 is 10.0 Å². The van der Waals surface area contributed by atoms with Gasteiger partial charge in [0, 0.05) is 13.1 Å². The second-order valence-electron chi connectivity index (χ2n) is 5.24. The zero-order chi connectivity index (χ0) is 12.8. The van der Waals surface area contributed by atoms with Crippen LogP contribution in [0, 0.1) is 11.8 Å². The highest BCUT2D eigenvalue weighted by atomic mass is 32.2. The molecule has 2 atom stereocenters. The van der Waals surface area contributed by atoms with Gasteiger partial charge in [0.05, 0.1) is 0 Å². The van der Waals surface area contributed by atoms with Gasteiger partial charge in [0.2, 0.25) is 10.0 Å². The normalized spacial score (nSPS) is 28.4. The van der Waals surface area contributed by atoms with Crippen molar-refractivity contribution in [3.8, 4) is 5.75 Å². The molecule has 3 rings (SSSR count). The molecule has 1 aromatic carbocycles. The average Bonchev–Trinajstić information content (AvgIpc) is 2.89. The first kappa shape index (κ1) is 12.0. The number of nitrogens with zero attached hydrogens (tertiary/aromatic N) is 1. The van der Waals surface area contributed by atoms with Gasteiger partial charge in [-0.3, -0.25) is 0 Å². The Morgan fingerprint density at radius 2 is 1.72 bits per heavy atom. The van der Waals surface area contributed by atoms with E-state index in [0.29, 0.717) is 24.9 Å². The molecule has 2 unspecified atom stereocenters. The van der Waals surface area contributed by atoms with E-state index in [4.69, 9.17) is 0 Å². The third kappa shape index (κ3) is 1.82. The Hall–Kier alpha value is -1.07. The molecule has 1 saturated carbocycles. The number of fused-ring (bicyclic) bond motifs is 1. The molecule has 4 nitrogen and oxygen atoms in total. The predicted octanol–water partition coefficient (Wildman–Crippen LogP) is 1.81. The fraction of sp³-hybridized carbons (Fsp3) is 0.538. The summed E-state index contributed by atoms with van der Waals surface area (Å²) in [5.74, 6) is 0.880. The Kier molecular flexibility index (Phi) is 2.83. The maximum Gasteiger partial charge on any atom is 0.246 e. The number of benzene rings is 1. The number of sulfonamides is 1. The van der Waals surface area contributed by atoms with Gasteiger partial charge in [0.15, 0.2) is 0 Å². The summed E-state index contributed by atoms with van der Waals surface area (Å²) < 4.78 is 26.4. The van der Waals surface area contributed by atoms with Crippen molar-refractivity contribution in [2.24, 2.45) is 11.8 Å². The average molecular weight is 267 g/mol. The van der Waals surface area contributed by atoms with Crippen molar-refractivity contribution < 1.29 is 13.5 Å². The van der Waals surface area contributed by atoms with E-state index in [0.717, 1.165) is 12.8 Å². The molecule has 0 radical (unpaired) electrons. The van der Waals surface area contributed by atoms with E-state index < -0.39 is 10.0 Å². The highest BCUT2D eigenvalue weighted by molar-refractivity contribution is 7.89. The van der Waals surface area contributed by atoms with Gasteiger partial charge in [0.25, 0.3) is 0 Å². The highest BCUT2D eigenvalue weighted by Gasteiger charge is 2.41. The minimum absolute atomic E-state index is 0.0324. The molecule has 1 saturated heterocycles. The van der Waals surface area contributed by atoms with E-state index in [1.54, 1.807) is 12.1 Å². The lowest BCUT2D eigenvalue weighted by Gasteiger charge is -2.17. The molecule has 18 heavy (non-hydrogen) atoms. The molecule has 0 aromatic heterocycles. The van der Waals surface area contributed by atoms with Crippen LogP contribution in [0.2, 0.25) is 0 Å². The molecule has 0 bridgehead atoms. The molecular weight excluding hydrogens is 250 g/mol. The minimum Gasteiger partial charge on any atom is -0.507 e. The molecule has 1 aromatic rings. The van der Waals surface area contributed by atoms with E-state index in [-0.39, 0.29) is 10.6 Å². The molecule has 1 N–H and O–H groups in total. The number of hydrogen-bond donors (Lipinski definition) is 1. The lowest BCUT2D eigenvalue weighted by Crippen LogP contribution is -2.29. The van der Waals surface area contributed by atoms with Gasteiger partial charge in [-0.1, -0.05) is 18.6 Å². The fourth-order valence-electron chi connectivity index (χ4n) is 3.20. The summed E-state index contributed by atoms with van der Waals surface area (Å²) in [6.07, 6.45) is 3.49. The van der Waals surface area contributed by atoms with Crippen LogP contribution in [-0.4, -0.2) is 30.9 Å². The summed E-state index contributed by atoms with van der Waals surface area (Å²) in [5, 5.41) is 9.70. The van der Waals surface area contributed by atoms with E-state index >= 15 is 0 Å². The first-order valence-electron chi connectivity index (χ1n) is 6.37. The highest BCUT2D eigenvalue weighted by Crippen LogP contribution is 2.40. The van der Waals surface area contributed by atoms with Crippen LogP contribution in [0.25, 0.3) is 0 Å². The van der Waals surface area contributed by atoms with Crippen molar-refractivity contribution in [2.45, 2.75) is 24.2 Å². The first-order chi connectivity index (χ1) is 8.59. The lowest BCUT2D eigenvalue weighted by atomic mass is 10.0. The van der Waals surface area contributed by atoms with Crippen LogP contribution in [0.1, 0.15) is 19.3 Å². The molecule has 1 aliphatic heterocycles. The van der Waals surface area contributed by atoms with Gasteiger partial charge in [-0.25, -0.2) is 8.42 Å². The number of aromatic hydroxyl groups is 1. The topological polar surface area (TPSA) is 57.6 Å². The fourth-order valence-corrected chi connectivity index (χ4v) is 4.84. The number of phenols is 1. The number of hydrogen-bond acceptors (Lipinski definition) is 3. The monoisotopic (exact) mass is 267 g/mol. The third-order valence-electron chi connectivity index (χ3n) is 4.18. The number of phenolic OH excluding ortho intramolecular Hbond substituents is 1. The molecule has 98 valence electrons. The second-order valence-corrected chi connectivity index (χ2v) is 7.15. The Morgan fingerprint density at radius 3 is 2.33 bits per heavy atom. The van der Waals surface area contributed by atoms with Crippen molar-refractivity contribution in [3.63, 3.8) is 0 Å². The maximum atomic E-state index is 12.5. The first-order valence-corrected chi connectivity index (χ1v) is 7.81. The maximum absolute atomic E-state index is 12.5. The lowest BCUT2D eigenvalue weighted by molar-refractivity contribution is 0.429. The summed E-state index contributed by atoms with van der Waals surface area (Å²) in [6.45, 7) is 1.22. The third-order valence-corrected chi connectivity index (χ3v) is 6.05. The molecular formula is C13H17NO3S. The van der Waals surface area contributed by atoms with E-state index in [9.17, 15) is 13.5 Å². The zero-order valence-electron chi connectivity index (χ0n) is 10.1. The molecule has 0 spiro atoms. The summed E-state index contributed by atoms with van der Waals surface area (Å²) >= 11 is 0. The van der Waals surface area contributed by atoms with Crippen molar-refractivity contribution in [1.82, 2.24) is 4.31 Å². The minimum atomic E-state index is -3.53. The SMILES string of the molecule is O=S(=O)(c1ccccc1O)N1CC2CCCC2C1. The summed E-state index contributed by atoms with van der Waals surface area (Å²) in [5.41, 5.74) is 0. The van der Waals surface area contributed by atoms with Gasteiger partial charge in [0.1, 0.15) is 10.6 Å². The zero-order valence-corrected chi connectivity index (χ0v) is 10.9. The Bertz CT molecular complexity index is 543. The summed E-state index contributed by atoms with van der Waals surface area (Å²) in [6, 6.07) is 6.17. The quantitative estimate of drug-likeness (QED) is 0.889. The van der Waals surface area contributed by atoms with Gasteiger partial charge in [-0.2, -0.15) is 4.31 Å². The van der Waals surface area contributed by atoms with Crippen molar-refractivity contribution in [1.29, 1.82) is 0 Å². The van der Waals surface area contributed by atoms with Gasteiger partial charge in [-0.15, -0.1) is 0 Å². The van der Waals surface area contributed by atoms with E-state index in [2.05, 4.69) is 0 Å². The van der Waals surface area contributed by atoms with Gasteiger partial charge in [-0.05, 0) is 36.8 Å². The molecule has 5 heteroatoms. The molecule has 2 aliphatic rings. The molecule has 1 heterocycles. The summed E-state index contributed by atoms with van der Waals surface area (Å²) in [7, 11) is -3.53. The number of para-hydroxylation sites is 1. The standard InChI is InChI=1S/C13H17NO3S/c15-12-6-1-2-7-13(12)18(16,17)14-8-10-4-3-5-11(10)9-14/h1-2,6-7,10-11,15H,3-5,8-9H2. The number of rotatable bonds is 2. The van der Waals surface area contributed by atoms with Crippen LogP contribution in [0.4, 0.5) is 0 Å². The Balaban J connectivity index is 1.90. The summed E-state index contributed by atoms with van der Waals surface area (Å²) in [4.78, 5) is 0.0324. The van der Waals surface area contributed by atoms with E-state index in [1.165, 1.54) is 22.9 Å². The second kappa shape index (κ2) is 4.24. The van der Waals surface area contributed by atoms with Crippen molar-refractivity contribution in [3.05, 3.63) is 24.3 Å². The largest absolute Gasteiger partial charge is 0.507 e. The molecule has 1 aliphatic carbocycles. The van der Waals surface area contributed by atoms with Gasteiger partial charge >= 0.3 is 0 Å². The Morgan fingerprint density at radius 1 is 1.11 bits per heavy atom. The van der Waals surface area contributed by atoms with Crippen molar-refractivity contribution in [2.75, 3.05) is 13.1 Å². The Labute approximate surface area is 107 Å². The predicted molar refractivity (Wildman–Crippen MR) is 67.7 cm³/mol. The van der Waals surface area contributed by atoms with Crippen LogP contribution in [-0.2, 0) is 10.0 Å².